The lowest BCUT2D eigenvalue weighted by Gasteiger charge is -2.58. The SMILES string of the molecule is CCOP(=O)([O-])OC[C@H]1O[C@H](O[C@H]2CC[C@@]3(C)C(=CC[C@H]4[C@@H]5CC[C@H]([C@H](C)CCCC(C)C)[C@@]5(C)CC[C@@H]43)C2)[C@H](O)[C@@H](O)[C@@H]1O. The van der Waals surface area contributed by atoms with Crippen molar-refractivity contribution in [1.82, 2.24) is 0 Å². The molecule has 3 N–H and O–H groups in total. The first-order chi connectivity index (χ1) is 21.2. The van der Waals surface area contributed by atoms with Gasteiger partial charge in [0.05, 0.1) is 19.3 Å². The molecule has 45 heavy (non-hydrogen) atoms. The van der Waals surface area contributed by atoms with E-state index in [1.54, 1.807) is 0 Å². The fourth-order valence-electron chi connectivity index (χ4n) is 10.5. The third kappa shape index (κ3) is 7.33. The highest BCUT2D eigenvalue weighted by Crippen LogP contribution is 2.67. The first kappa shape index (κ1) is 35.9. The molecule has 0 aromatic rings. The average molecular weight is 656 g/mol. The lowest BCUT2D eigenvalue weighted by atomic mass is 9.47. The molecule has 0 radical (unpaired) electrons. The Bertz CT molecular complexity index is 1080. The van der Waals surface area contributed by atoms with E-state index < -0.39 is 45.1 Å². The minimum Gasteiger partial charge on any atom is -0.756 e. The third-order valence-electron chi connectivity index (χ3n) is 12.9. The summed E-state index contributed by atoms with van der Waals surface area (Å²) in [5.74, 6) is 4.62. The molecule has 10 heteroatoms. The second kappa shape index (κ2) is 14.2. The summed E-state index contributed by atoms with van der Waals surface area (Å²) < 4.78 is 33.4. The second-order valence-electron chi connectivity index (χ2n) is 16.0. The van der Waals surface area contributed by atoms with E-state index in [4.69, 9.17) is 14.0 Å². The predicted molar refractivity (Wildman–Crippen MR) is 170 cm³/mol. The van der Waals surface area contributed by atoms with Crippen LogP contribution >= 0.6 is 7.82 Å². The number of aliphatic hydroxyl groups excluding tert-OH is 3. The summed E-state index contributed by atoms with van der Waals surface area (Å²) in [6.07, 6.45) is 8.35. The lowest BCUT2D eigenvalue weighted by Crippen LogP contribution is -2.60. The molecule has 5 rings (SSSR count). The molecule has 0 aromatic heterocycles. The molecule has 260 valence electrons. The number of ether oxygens (including phenoxy) is 2. The van der Waals surface area contributed by atoms with Gasteiger partial charge in [0, 0.05) is 0 Å². The van der Waals surface area contributed by atoms with Crippen LogP contribution in [-0.2, 0) is 23.1 Å². The Hall–Kier alpha value is -0.350. The fraction of sp³-hybridized carbons (Fsp3) is 0.943. The average Bonchev–Trinajstić information content (AvgIpc) is 3.34. The Morgan fingerprint density at radius 3 is 2.47 bits per heavy atom. The van der Waals surface area contributed by atoms with Crippen LogP contribution in [0.2, 0.25) is 0 Å². The van der Waals surface area contributed by atoms with Crippen LogP contribution in [0.15, 0.2) is 11.6 Å². The first-order valence-corrected chi connectivity index (χ1v) is 19.3. The van der Waals surface area contributed by atoms with Crippen LogP contribution in [0.5, 0.6) is 0 Å². The Balaban J connectivity index is 1.21. The smallest absolute Gasteiger partial charge is 0.267 e. The van der Waals surface area contributed by atoms with Gasteiger partial charge in [0.25, 0.3) is 7.82 Å². The molecular weight excluding hydrogens is 595 g/mol. The van der Waals surface area contributed by atoms with E-state index in [1.165, 1.54) is 57.4 Å². The summed E-state index contributed by atoms with van der Waals surface area (Å²) in [6.45, 7) is 13.2. The molecule has 9 nitrogen and oxygen atoms in total. The number of aliphatic hydroxyl groups is 3. The summed E-state index contributed by atoms with van der Waals surface area (Å²) >= 11 is 0. The minimum absolute atomic E-state index is 0.0851. The van der Waals surface area contributed by atoms with Gasteiger partial charge in [0.2, 0.25) is 0 Å². The quantitative estimate of drug-likeness (QED) is 0.177. The van der Waals surface area contributed by atoms with Crippen molar-refractivity contribution >= 4 is 7.82 Å². The molecule has 1 aliphatic heterocycles. The van der Waals surface area contributed by atoms with Gasteiger partial charge in [-0.1, -0.05) is 65.5 Å². The Morgan fingerprint density at radius 2 is 1.76 bits per heavy atom. The maximum absolute atomic E-state index is 11.9. The highest BCUT2D eigenvalue weighted by atomic mass is 31.2. The maximum atomic E-state index is 11.9. The normalized spacial score (nSPS) is 45.3. The number of phosphoric ester groups is 1. The van der Waals surface area contributed by atoms with Crippen molar-refractivity contribution in [3.05, 3.63) is 11.6 Å². The topological polar surface area (TPSA) is 138 Å². The molecule has 0 amide bonds. The number of rotatable bonds is 12. The van der Waals surface area contributed by atoms with Gasteiger partial charge in [-0.2, -0.15) is 0 Å². The van der Waals surface area contributed by atoms with Gasteiger partial charge in [0.15, 0.2) is 6.29 Å². The van der Waals surface area contributed by atoms with Crippen LogP contribution in [0.3, 0.4) is 0 Å². The first-order valence-electron chi connectivity index (χ1n) is 17.8. The third-order valence-corrected chi connectivity index (χ3v) is 14.0. The van der Waals surface area contributed by atoms with Gasteiger partial charge < -0.3 is 38.7 Å². The summed E-state index contributed by atoms with van der Waals surface area (Å²) in [5.41, 5.74) is 2.02. The van der Waals surface area contributed by atoms with Crippen LogP contribution in [0.4, 0.5) is 0 Å². The number of allylic oxidation sites excluding steroid dienone is 1. The van der Waals surface area contributed by atoms with Crippen molar-refractivity contribution in [3.63, 3.8) is 0 Å². The monoisotopic (exact) mass is 655 g/mol. The van der Waals surface area contributed by atoms with E-state index >= 15 is 0 Å². The lowest BCUT2D eigenvalue weighted by molar-refractivity contribution is -0.314. The molecule has 0 bridgehead atoms. The molecule has 1 saturated heterocycles. The van der Waals surface area contributed by atoms with Crippen molar-refractivity contribution in [2.24, 2.45) is 46.3 Å². The summed E-state index contributed by atoms with van der Waals surface area (Å²) in [7, 11) is -4.57. The Morgan fingerprint density at radius 1 is 1.00 bits per heavy atom. The van der Waals surface area contributed by atoms with Crippen molar-refractivity contribution in [2.45, 2.75) is 149 Å². The summed E-state index contributed by atoms with van der Waals surface area (Å²) in [4.78, 5) is 11.9. The molecule has 1 heterocycles. The van der Waals surface area contributed by atoms with Gasteiger partial charge in [-0.15, -0.1) is 0 Å². The zero-order chi connectivity index (χ0) is 32.7. The summed E-state index contributed by atoms with van der Waals surface area (Å²) in [6, 6.07) is 0. The molecule has 4 fully saturated rings. The standard InChI is InChI=1S/C35H61O9P/c1-7-41-45(39,40)42-20-29-30(36)31(37)32(38)33(44-29)43-24-15-17-34(5)23(19-24)11-12-25-27-14-13-26(22(4)10-8-9-21(2)3)35(27,6)18-16-28(25)34/h11,21-22,24-33,36-38H,7-10,12-20H2,1-6H3,(H,39,40)/p-1/t22-,24+,25+,26-,27+,28+,29-,30-,31+,32-,33+,34+,35-/m1/s1. The fourth-order valence-corrected chi connectivity index (χ4v) is 11.2. The van der Waals surface area contributed by atoms with Gasteiger partial charge >= 0.3 is 0 Å². The number of fused-ring (bicyclic) bond motifs is 5. The van der Waals surface area contributed by atoms with Crippen LogP contribution in [0, 0.1) is 46.3 Å². The Labute approximate surface area is 271 Å². The van der Waals surface area contributed by atoms with Crippen molar-refractivity contribution < 1.29 is 43.3 Å². The zero-order valence-corrected chi connectivity index (χ0v) is 29.3. The van der Waals surface area contributed by atoms with Crippen LogP contribution in [0.25, 0.3) is 0 Å². The number of hydrogen-bond donors (Lipinski definition) is 3. The van der Waals surface area contributed by atoms with E-state index in [-0.39, 0.29) is 18.1 Å². The summed E-state index contributed by atoms with van der Waals surface area (Å²) in [5, 5.41) is 31.6. The highest BCUT2D eigenvalue weighted by molar-refractivity contribution is 7.45. The maximum Gasteiger partial charge on any atom is 0.267 e. The molecule has 0 aromatic carbocycles. The van der Waals surface area contributed by atoms with E-state index in [9.17, 15) is 24.8 Å². The van der Waals surface area contributed by atoms with E-state index in [0.717, 1.165) is 55.3 Å². The van der Waals surface area contributed by atoms with Crippen molar-refractivity contribution in [2.75, 3.05) is 13.2 Å². The predicted octanol–water partition coefficient (Wildman–Crippen LogP) is 5.74. The second-order valence-corrected chi connectivity index (χ2v) is 17.4. The van der Waals surface area contributed by atoms with E-state index in [1.807, 2.05) is 0 Å². The van der Waals surface area contributed by atoms with Gasteiger partial charge in [-0.25, -0.2) is 0 Å². The molecule has 4 aliphatic carbocycles. The number of phosphoric acid groups is 1. The van der Waals surface area contributed by atoms with E-state index in [2.05, 4.69) is 45.2 Å². The van der Waals surface area contributed by atoms with Crippen LogP contribution < -0.4 is 4.89 Å². The van der Waals surface area contributed by atoms with Crippen LogP contribution in [-0.4, -0.2) is 65.3 Å². The molecule has 5 aliphatic rings. The van der Waals surface area contributed by atoms with E-state index in [0.29, 0.717) is 11.3 Å². The molecule has 14 atom stereocenters. The molecule has 3 saturated carbocycles. The Kier molecular flexibility index (Phi) is 11.4. The molecule has 1 unspecified atom stereocenters. The zero-order valence-electron chi connectivity index (χ0n) is 28.4. The number of hydrogen-bond acceptors (Lipinski definition) is 9. The van der Waals surface area contributed by atoms with Crippen LogP contribution in [0.1, 0.15) is 112 Å². The molecular formula is C35H60O9P-. The highest BCUT2D eigenvalue weighted by Gasteiger charge is 2.59. The van der Waals surface area contributed by atoms with Crippen molar-refractivity contribution in [3.8, 4) is 0 Å². The van der Waals surface area contributed by atoms with Crippen molar-refractivity contribution in [1.29, 1.82) is 0 Å². The molecule has 0 spiro atoms. The van der Waals surface area contributed by atoms with Gasteiger partial charge in [-0.3, -0.25) is 4.57 Å². The van der Waals surface area contributed by atoms with Gasteiger partial charge in [0.1, 0.15) is 24.4 Å². The largest absolute Gasteiger partial charge is 0.756 e. The minimum atomic E-state index is -4.57. The van der Waals surface area contributed by atoms with Gasteiger partial charge in [-0.05, 0) is 105 Å².